The number of carbonyl (C=O) groups is 2. The van der Waals surface area contributed by atoms with E-state index in [4.69, 9.17) is 0 Å². The highest BCUT2D eigenvalue weighted by molar-refractivity contribution is 5.81. The minimum absolute atomic E-state index is 0.132. The zero-order valence-electron chi connectivity index (χ0n) is 10.6. The fourth-order valence-corrected chi connectivity index (χ4v) is 2.39. The summed E-state index contributed by atoms with van der Waals surface area (Å²) in [5, 5.41) is 12.8. The number of rotatable bonds is 4. The second-order valence-electron chi connectivity index (χ2n) is 5.28. The van der Waals surface area contributed by atoms with Crippen molar-refractivity contribution in [3.8, 4) is 0 Å². The number of urea groups is 1. The molecular formula is C12H20N2O4. The molecule has 6 nitrogen and oxygen atoms in total. The maximum atomic E-state index is 11.8. The molecule has 1 aliphatic carbocycles. The molecule has 0 bridgehead atoms. The number of hydrogen-bond acceptors (Lipinski definition) is 4. The maximum absolute atomic E-state index is 11.8. The number of ether oxygens (including phenoxy) is 1. The topological polar surface area (TPSA) is 78.9 Å². The predicted molar refractivity (Wildman–Crippen MR) is 63.9 cm³/mol. The molecule has 1 aliphatic heterocycles. The van der Waals surface area contributed by atoms with Gasteiger partial charge in [-0.25, -0.2) is 4.79 Å². The van der Waals surface area contributed by atoms with Gasteiger partial charge in [-0.15, -0.1) is 0 Å². The Morgan fingerprint density at radius 1 is 1.50 bits per heavy atom. The molecule has 0 aromatic carbocycles. The lowest BCUT2D eigenvalue weighted by Crippen LogP contribution is -2.43. The van der Waals surface area contributed by atoms with Gasteiger partial charge in [-0.3, -0.25) is 4.79 Å². The third kappa shape index (κ3) is 3.35. The lowest BCUT2D eigenvalue weighted by Gasteiger charge is -2.23. The van der Waals surface area contributed by atoms with E-state index in [9.17, 15) is 14.7 Å². The minimum atomic E-state index is -0.732. The minimum Gasteiger partial charge on any atom is -0.468 e. The molecule has 0 spiro atoms. The van der Waals surface area contributed by atoms with Gasteiger partial charge in [0.25, 0.3) is 0 Å². The molecule has 0 aromatic heterocycles. The van der Waals surface area contributed by atoms with Crippen molar-refractivity contribution >= 4 is 12.0 Å². The molecule has 1 unspecified atom stereocenters. The first-order chi connectivity index (χ1) is 8.52. The molecule has 102 valence electrons. The van der Waals surface area contributed by atoms with Gasteiger partial charge in [0, 0.05) is 6.54 Å². The monoisotopic (exact) mass is 256 g/mol. The van der Waals surface area contributed by atoms with Crippen molar-refractivity contribution in [2.24, 2.45) is 5.92 Å². The molecule has 1 saturated carbocycles. The van der Waals surface area contributed by atoms with Gasteiger partial charge in [0.05, 0.1) is 19.3 Å². The predicted octanol–water partition coefficient (Wildman–Crippen LogP) is 0.106. The first kappa shape index (κ1) is 13.1. The Morgan fingerprint density at radius 2 is 2.22 bits per heavy atom. The standard InChI is InChI=1S/C12H20N2O4/c1-18-10(15)7-13-11(16)14-5-4-12(17,8-14)6-9-2-3-9/h9,17H,2-8H2,1H3,(H,13,16). The lowest BCUT2D eigenvalue weighted by atomic mass is 9.96. The second kappa shape index (κ2) is 5.14. The van der Waals surface area contributed by atoms with E-state index >= 15 is 0 Å². The first-order valence-corrected chi connectivity index (χ1v) is 6.34. The van der Waals surface area contributed by atoms with E-state index in [1.54, 1.807) is 4.90 Å². The van der Waals surface area contributed by atoms with Crippen molar-refractivity contribution in [2.75, 3.05) is 26.7 Å². The summed E-state index contributed by atoms with van der Waals surface area (Å²) in [7, 11) is 1.28. The fraction of sp³-hybridized carbons (Fsp3) is 0.833. The Bertz CT molecular complexity index is 343. The van der Waals surface area contributed by atoms with Crippen LogP contribution in [0.2, 0.25) is 0 Å². The molecule has 0 aromatic rings. The molecule has 2 amide bonds. The molecule has 2 N–H and O–H groups in total. The summed E-state index contributed by atoms with van der Waals surface area (Å²) in [6.07, 6.45) is 3.79. The SMILES string of the molecule is COC(=O)CNC(=O)N1CCC(O)(CC2CC2)C1. The zero-order chi connectivity index (χ0) is 13.2. The highest BCUT2D eigenvalue weighted by atomic mass is 16.5. The van der Waals surface area contributed by atoms with Crippen LogP contribution >= 0.6 is 0 Å². The van der Waals surface area contributed by atoms with Crippen molar-refractivity contribution < 1.29 is 19.4 Å². The number of esters is 1. The number of hydrogen-bond donors (Lipinski definition) is 2. The van der Waals surface area contributed by atoms with Gasteiger partial charge >= 0.3 is 12.0 Å². The van der Waals surface area contributed by atoms with Gasteiger partial charge in [-0.2, -0.15) is 0 Å². The molecule has 6 heteroatoms. The Kier molecular flexibility index (Phi) is 3.75. The van der Waals surface area contributed by atoms with Crippen LogP contribution in [0.4, 0.5) is 4.79 Å². The van der Waals surface area contributed by atoms with E-state index < -0.39 is 11.6 Å². The van der Waals surface area contributed by atoms with E-state index in [2.05, 4.69) is 10.1 Å². The van der Waals surface area contributed by atoms with Crippen LogP contribution in [0.5, 0.6) is 0 Å². The van der Waals surface area contributed by atoms with E-state index in [1.165, 1.54) is 20.0 Å². The van der Waals surface area contributed by atoms with Gasteiger partial charge < -0.3 is 20.1 Å². The summed E-state index contributed by atoms with van der Waals surface area (Å²) in [6.45, 7) is 0.764. The molecule has 2 rings (SSSR count). The summed E-state index contributed by atoms with van der Waals surface area (Å²) in [5.74, 6) is 0.156. The van der Waals surface area contributed by atoms with E-state index in [0.29, 0.717) is 25.4 Å². The Labute approximate surface area is 106 Å². The normalized spacial score (nSPS) is 27.1. The molecule has 1 heterocycles. The average Bonchev–Trinajstić information content (AvgIpc) is 3.06. The van der Waals surface area contributed by atoms with E-state index in [0.717, 1.165) is 6.42 Å². The number of nitrogens with zero attached hydrogens (tertiary/aromatic N) is 1. The number of nitrogens with one attached hydrogen (secondary N) is 1. The molecule has 1 saturated heterocycles. The Balaban J connectivity index is 1.76. The number of likely N-dealkylation sites (tertiary alicyclic amines) is 1. The molecule has 2 aliphatic rings. The first-order valence-electron chi connectivity index (χ1n) is 6.34. The van der Waals surface area contributed by atoms with Crippen LogP contribution in [0, 0.1) is 5.92 Å². The summed E-state index contributed by atoms with van der Waals surface area (Å²) >= 11 is 0. The summed E-state index contributed by atoms with van der Waals surface area (Å²) < 4.78 is 4.44. The molecule has 0 radical (unpaired) electrons. The maximum Gasteiger partial charge on any atom is 0.325 e. The molecule has 1 atom stereocenters. The van der Waals surface area contributed by atoms with Gasteiger partial charge in [0.2, 0.25) is 0 Å². The number of methoxy groups -OCH3 is 1. The van der Waals surface area contributed by atoms with Gasteiger partial charge in [0.1, 0.15) is 6.54 Å². The quantitative estimate of drug-likeness (QED) is 0.700. The van der Waals surface area contributed by atoms with Gasteiger partial charge in [-0.1, -0.05) is 12.8 Å². The van der Waals surface area contributed by atoms with Crippen LogP contribution in [0.15, 0.2) is 0 Å². The summed E-state index contributed by atoms with van der Waals surface area (Å²) in [5.41, 5.74) is -0.732. The van der Waals surface area contributed by atoms with Crippen molar-refractivity contribution in [3.63, 3.8) is 0 Å². The Morgan fingerprint density at radius 3 is 2.83 bits per heavy atom. The van der Waals surface area contributed by atoms with Crippen molar-refractivity contribution in [3.05, 3.63) is 0 Å². The molecule has 2 fully saturated rings. The van der Waals surface area contributed by atoms with Crippen LogP contribution in [0.1, 0.15) is 25.7 Å². The highest BCUT2D eigenvalue weighted by Gasteiger charge is 2.42. The van der Waals surface area contributed by atoms with E-state index in [1.807, 2.05) is 0 Å². The van der Waals surface area contributed by atoms with Crippen LogP contribution in [0.3, 0.4) is 0 Å². The van der Waals surface area contributed by atoms with Gasteiger partial charge in [0.15, 0.2) is 0 Å². The van der Waals surface area contributed by atoms with Gasteiger partial charge in [-0.05, 0) is 18.8 Å². The molecular weight excluding hydrogens is 236 g/mol. The molecule has 18 heavy (non-hydrogen) atoms. The number of amides is 2. The summed E-state index contributed by atoms with van der Waals surface area (Å²) in [6, 6.07) is -0.313. The number of β-amino-alcohol motifs (C(OH)–C–C–N with tert-alkyl or cyclic N) is 1. The fourth-order valence-electron chi connectivity index (χ4n) is 2.39. The van der Waals surface area contributed by atoms with Crippen LogP contribution in [-0.4, -0.2) is 54.4 Å². The van der Waals surface area contributed by atoms with Crippen molar-refractivity contribution in [1.29, 1.82) is 0 Å². The third-order valence-electron chi connectivity index (χ3n) is 3.60. The average molecular weight is 256 g/mol. The van der Waals surface area contributed by atoms with Crippen LogP contribution < -0.4 is 5.32 Å². The highest BCUT2D eigenvalue weighted by Crippen LogP contribution is 2.39. The lowest BCUT2D eigenvalue weighted by molar-refractivity contribution is -0.139. The third-order valence-corrected chi connectivity index (χ3v) is 3.60. The smallest absolute Gasteiger partial charge is 0.325 e. The summed E-state index contributed by atoms with van der Waals surface area (Å²) in [4.78, 5) is 24.2. The second-order valence-corrected chi connectivity index (χ2v) is 5.28. The van der Waals surface area contributed by atoms with Crippen LogP contribution in [0.25, 0.3) is 0 Å². The zero-order valence-corrected chi connectivity index (χ0v) is 10.6. The number of carbonyl (C=O) groups excluding carboxylic acids is 2. The van der Waals surface area contributed by atoms with Crippen LogP contribution in [-0.2, 0) is 9.53 Å². The van der Waals surface area contributed by atoms with Crippen molar-refractivity contribution in [1.82, 2.24) is 10.2 Å². The Hall–Kier alpha value is -1.30. The van der Waals surface area contributed by atoms with Crippen molar-refractivity contribution in [2.45, 2.75) is 31.3 Å². The largest absolute Gasteiger partial charge is 0.468 e. The number of aliphatic hydroxyl groups is 1. The van der Waals surface area contributed by atoms with E-state index in [-0.39, 0.29) is 12.6 Å².